The molecular weight excluding hydrogens is 232 g/mol. The van der Waals surface area contributed by atoms with Gasteiger partial charge in [0.05, 0.1) is 18.4 Å². The second-order valence-electron chi connectivity index (χ2n) is 3.76. The Bertz CT molecular complexity index is 352. The van der Waals surface area contributed by atoms with Crippen molar-refractivity contribution in [2.45, 2.75) is 19.9 Å². The number of rotatable bonds is 8. The van der Waals surface area contributed by atoms with Gasteiger partial charge in [0, 0.05) is 26.0 Å². The van der Waals surface area contributed by atoms with Gasteiger partial charge < -0.3 is 14.8 Å². The third-order valence-electron chi connectivity index (χ3n) is 2.40. The van der Waals surface area contributed by atoms with E-state index in [-0.39, 0.29) is 5.97 Å². The van der Waals surface area contributed by atoms with E-state index in [0.29, 0.717) is 12.1 Å². The minimum absolute atomic E-state index is 0.362. The number of carbonyl (C=O) groups excluding carboxylic acids is 1. The summed E-state index contributed by atoms with van der Waals surface area (Å²) in [6.45, 7) is 5.10. The molecule has 0 radical (unpaired) electrons. The summed E-state index contributed by atoms with van der Waals surface area (Å²) in [4.78, 5) is 15.4. The van der Waals surface area contributed by atoms with Gasteiger partial charge in [-0.15, -0.1) is 0 Å². The van der Waals surface area contributed by atoms with Crippen LogP contribution < -0.4 is 5.32 Å². The maximum atomic E-state index is 11.2. The van der Waals surface area contributed by atoms with Crippen LogP contribution in [0.1, 0.15) is 29.4 Å². The van der Waals surface area contributed by atoms with Crippen LogP contribution in [-0.2, 0) is 16.0 Å². The van der Waals surface area contributed by atoms with E-state index in [0.717, 1.165) is 31.9 Å². The van der Waals surface area contributed by atoms with Gasteiger partial charge in [-0.05, 0) is 32.0 Å². The second-order valence-corrected chi connectivity index (χ2v) is 3.76. The molecule has 0 unspecified atom stereocenters. The molecule has 0 fully saturated rings. The average molecular weight is 252 g/mol. The summed E-state index contributed by atoms with van der Waals surface area (Å²) in [5, 5.41) is 3.26. The van der Waals surface area contributed by atoms with Crippen LogP contribution in [0.3, 0.4) is 0 Å². The van der Waals surface area contributed by atoms with Crippen LogP contribution in [0.25, 0.3) is 0 Å². The zero-order valence-electron chi connectivity index (χ0n) is 10.9. The number of ether oxygens (including phenoxy) is 2. The largest absolute Gasteiger partial charge is 0.465 e. The molecule has 1 aromatic rings. The first-order chi connectivity index (χ1) is 8.77. The van der Waals surface area contributed by atoms with Crippen molar-refractivity contribution in [1.82, 2.24) is 10.3 Å². The lowest BCUT2D eigenvalue weighted by Crippen LogP contribution is -2.17. The highest BCUT2D eigenvalue weighted by Crippen LogP contribution is 2.01. The summed E-state index contributed by atoms with van der Waals surface area (Å²) in [5.41, 5.74) is 1.37. The molecule has 0 aromatic carbocycles. The van der Waals surface area contributed by atoms with Crippen LogP contribution in [0.4, 0.5) is 0 Å². The summed E-state index contributed by atoms with van der Waals surface area (Å²) in [7, 11) is 1.36. The van der Waals surface area contributed by atoms with Gasteiger partial charge in [0.1, 0.15) is 0 Å². The van der Waals surface area contributed by atoms with Crippen molar-refractivity contribution in [2.75, 3.05) is 26.9 Å². The Morgan fingerprint density at radius 2 is 2.28 bits per heavy atom. The van der Waals surface area contributed by atoms with Crippen molar-refractivity contribution in [1.29, 1.82) is 0 Å². The summed E-state index contributed by atoms with van der Waals surface area (Å²) < 4.78 is 9.84. The third kappa shape index (κ3) is 5.25. The van der Waals surface area contributed by atoms with Gasteiger partial charge in [-0.1, -0.05) is 0 Å². The van der Waals surface area contributed by atoms with Crippen LogP contribution in [0.2, 0.25) is 0 Å². The molecule has 5 nitrogen and oxygen atoms in total. The zero-order valence-corrected chi connectivity index (χ0v) is 10.9. The molecule has 0 saturated heterocycles. The molecule has 5 heteroatoms. The molecule has 0 aliphatic rings. The number of hydrogen-bond acceptors (Lipinski definition) is 5. The van der Waals surface area contributed by atoms with Gasteiger partial charge >= 0.3 is 5.97 Å². The number of nitrogens with one attached hydrogen (secondary N) is 1. The molecule has 0 saturated carbocycles. The Morgan fingerprint density at radius 3 is 2.89 bits per heavy atom. The van der Waals surface area contributed by atoms with E-state index in [4.69, 9.17) is 4.74 Å². The fraction of sp³-hybridized carbons (Fsp3) is 0.538. The average Bonchev–Trinajstić information content (AvgIpc) is 2.42. The highest BCUT2D eigenvalue weighted by atomic mass is 16.5. The zero-order chi connectivity index (χ0) is 13.2. The highest BCUT2D eigenvalue weighted by Gasteiger charge is 2.04. The molecule has 0 bridgehead atoms. The maximum Gasteiger partial charge on any atom is 0.339 e. The third-order valence-corrected chi connectivity index (χ3v) is 2.40. The van der Waals surface area contributed by atoms with E-state index >= 15 is 0 Å². The van der Waals surface area contributed by atoms with E-state index in [9.17, 15) is 4.79 Å². The Labute approximate surface area is 108 Å². The number of carbonyl (C=O) groups is 1. The first-order valence-corrected chi connectivity index (χ1v) is 6.09. The number of nitrogens with zero attached hydrogens (tertiary/aromatic N) is 1. The van der Waals surface area contributed by atoms with Crippen molar-refractivity contribution >= 4 is 5.97 Å². The molecule has 0 atom stereocenters. The molecule has 0 aliphatic heterocycles. The molecule has 1 rings (SSSR count). The topological polar surface area (TPSA) is 60.5 Å². The molecule has 1 aromatic heterocycles. The fourth-order valence-electron chi connectivity index (χ4n) is 1.43. The van der Waals surface area contributed by atoms with Crippen molar-refractivity contribution in [2.24, 2.45) is 0 Å². The van der Waals surface area contributed by atoms with Crippen LogP contribution in [0.15, 0.2) is 18.3 Å². The lowest BCUT2D eigenvalue weighted by atomic mass is 10.2. The van der Waals surface area contributed by atoms with Crippen LogP contribution in [-0.4, -0.2) is 37.8 Å². The Hall–Kier alpha value is -1.46. The number of pyridine rings is 1. The lowest BCUT2D eigenvalue weighted by molar-refractivity contribution is 0.0600. The number of esters is 1. The van der Waals surface area contributed by atoms with Gasteiger partial charge in [0.25, 0.3) is 0 Å². The van der Waals surface area contributed by atoms with Crippen LogP contribution in [0, 0.1) is 0 Å². The number of methoxy groups -OCH3 is 1. The van der Waals surface area contributed by atoms with Crippen molar-refractivity contribution in [3.05, 3.63) is 29.6 Å². The molecule has 1 heterocycles. The van der Waals surface area contributed by atoms with E-state index in [1.807, 2.05) is 13.0 Å². The molecule has 100 valence electrons. The maximum absolute atomic E-state index is 11.2. The van der Waals surface area contributed by atoms with Gasteiger partial charge in [0.2, 0.25) is 0 Å². The monoisotopic (exact) mass is 252 g/mol. The van der Waals surface area contributed by atoms with Crippen molar-refractivity contribution < 1.29 is 14.3 Å². The minimum Gasteiger partial charge on any atom is -0.465 e. The summed E-state index contributed by atoms with van der Waals surface area (Å²) in [6.07, 6.45) is 2.51. The highest BCUT2D eigenvalue weighted by molar-refractivity contribution is 5.88. The van der Waals surface area contributed by atoms with Gasteiger partial charge in [-0.25, -0.2) is 4.79 Å². The second kappa shape index (κ2) is 8.60. The summed E-state index contributed by atoms with van der Waals surface area (Å²) in [5.74, 6) is -0.362. The quantitative estimate of drug-likeness (QED) is 0.559. The van der Waals surface area contributed by atoms with Gasteiger partial charge in [-0.2, -0.15) is 0 Å². The molecule has 0 spiro atoms. The van der Waals surface area contributed by atoms with Gasteiger partial charge in [-0.3, -0.25) is 4.98 Å². The Kier molecular flexibility index (Phi) is 6.98. The molecule has 18 heavy (non-hydrogen) atoms. The number of hydrogen-bond donors (Lipinski definition) is 1. The van der Waals surface area contributed by atoms with Crippen molar-refractivity contribution in [3.8, 4) is 0 Å². The fourth-order valence-corrected chi connectivity index (χ4v) is 1.43. The Morgan fingerprint density at radius 1 is 1.44 bits per heavy atom. The van der Waals surface area contributed by atoms with E-state index in [1.54, 1.807) is 6.07 Å². The molecule has 1 N–H and O–H groups in total. The Balaban J connectivity index is 2.25. The standard InChI is InChI=1S/C13H20N2O3/c1-3-18-8-4-7-14-10-12-6-5-11(9-15-12)13(16)17-2/h5-6,9,14H,3-4,7-8,10H2,1-2H3. The smallest absolute Gasteiger partial charge is 0.339 e. The molecule has 0 aliphatic carbocycles. The normalized spacial score (nSPS) is 10.3. The minimum atomic E-state index is -0.362. The lowest BCUT2D eigenvalue weighted by Gasteiger charge is -2.05. The predicted octanol–water partition coefficient (Wildman–Crippen LogP) is 1.38. The number of aromatic nitrogens is 1. The van der Waals surface area contributed by atoms with Crippen LogP contribution >= 0.6 is 0 Å². The first kappa shape index (κ1) is 14.6. The van der Waals surface area contributed by atoms with Gasteiger partial charge in [0.15, 0.2) is 0 Å². The van der Waals surface area contributed by atoms with E-state index < -0.39 is 0 Å². The first-order valence-electron chi connectivity index (χ1n) is 6.09. The predicted molar refractivity (Wildman–Crippen MR) is 68.4 cm³/mol. The van der Waals surface area contributed by atoms with Crippen LogP contribution in [0.5, 0.6) is 0 Å². The van der Waals surface area contributed by atoms with E-state index in [2.05, 4.69) is 15.0 Å². The van der Waals surface area contributed by atoms with Crippen molar-refractivity contribution in [3.63, 3.8) is 0 Å². The molecular formula is C13H20N2O3. The SMILES string of the molecule is CCOCCCNCc1ccc(C(=O)OC)cn1. The summed E-state index contributed by atoms with van der Waals surface area (Å²) in [6, 6.07) is 3.54. The summed E-state index contributed by atoms with van der Waals surface area (Å²) >= 11 is 0. The molecule has 0 amide bonds. The van der Waals surface area contributed by atoms with E-state index in [1.165, 1.54) is 13.3 Å².